The zero-order valence-electron chi connectivity index (χ0n) is 15.9. The van der Waals surface area contributed by atoms with Gasteiger partial charge >= 0.3 is 0 Å². The maximum Gasteiger partial charge on any atom is 0.176 e. The van der Waals surface area contributed by atoms with Crippen molar-refractivity contribution in [2.45, 2.75) is 57.4 Å². The van der Waals surface area contributed by atoms with Crippen molar-refractivity contribution >= 4 is 0 Å². The normalized spacial score (nSPS) is 27.4. The molecular formula is C20H29N5O. The molecule has 0 bridgehead atoms. The minimum atomic E-state index is -0.0314. The number of nitrogens with zero attached hydrogens (tertiary/aromatic N) is 5. The number of likely N-dealkylation sites (tertiary alicyclic amines) is 1. The van der Waals surface area contributed by atoms with E-state index in [1.165, 1.54) is 32.1 Å². The Kier molecular flexibility index (Phi) is 4.94. The second-order valence-corrected chi connectivity index (χ2v) is 7.87. The summed E-state index contributed by atoms with van der Waals surface area (Å²) in [6.07, 6.45) is 8.67. The highest BCUT2D eigenvalue weighted by Gasteiger charge is 2.45. The minimum absolute atomic E-state index is 0.0314. The number of aromatic nitrogens is 4. The Bertz CT molecular complexity index is 712. The Hall–Kier alpha value is -1.95. The number of hydrogen-bond donors (Lipinski definition) is 0. The van der Waals surface area contributed by atoms with Crippen molar-refractivity contribution in [3.05, 3.63) is 30.1 Å². The third-order valence-corrected chi connectivity index (χ3v) is 6.27. The topological polar surface area (TPSA) is 56.1 Å². The first-order valence-electron chi connectivity index (χ1n) is 9.91. The molecule has 1 saturated carbocycles. The van der Waals surface area contributed by atoms with Crippen LogP contribution in [0.3, 0.4) is 0 Å². The van der Waals surface area contributed by atoms with Gasteiger partial charge in [0, 0.05) is 0 Å². The zero-order chi connectivity index (χ0) is 18.0. The van der Waals surface area contributed by atoms with Crippen LogP contribution >= 0.6 is 0 Å². The van der Waals surface area contributed by atoms with Gasteiger partial charge in [0.05, 0.1) is 18.3 Å². The molecule has 6 nitrogen and oxygen atoms in total. The van der Waals surface area contributed by atoms with Gasteiger partial charge < -0.3 is 4.74 Å². The quantitative estimate of drug-likeness (QED) is 0.839. The number of methoxy groups -OCH3 is 1. The number of rotatable bonds is 4. The molecule has 0 spiro atoms. The van der Waals surface area contributed by atoms with Gasteiger partial charge in [-0.25, -0.2) is 0 Å². The Morgan fingerprint density at radius 2 is 1.73 bits per heavy atom. The minimum Gasteiger partial charge on any atom is -0.497 e. The average Bonchev–Trinajstić information content (AvgIpc) is 3.20. The molecule has 0 amide bonds. The molecule has 0 unspecified atom stereocenters. The maximum absolute atomic E-state index is 5.29. The third kappa shape index (κ3) is 3.11. The fourth-order valence-corrected chi connectivity index (χ4v) is 4.62. The summed E-state index contributed by atoms with van der Waals surface area (Å²) in [4.78, 5) is 2.67. The molecule has 2 aliphatic rings. The van der Waals surface area contributed by atoms with Gasteiger partial charge in [-0.2, -0.15) is 4.68 Å². The number of benzene rings is 1. The molecule has 0 N–H and O–H groups in total. The standard InChI is InChI=1S/C20H29N5O/c1-16-10-12-20(13-11-16,24-14-4-3-5-15-24)19-21-22-23-25(19)17-6-8-18(26-2)9-7-17/h6-9,16H,3-5,10-15H2,1-2H3. The fraction of sp³-hybridized carbons (Fsp3) is 0.650. The molecule has 2 heterocycles. The second-order valence-electron chi connectivity index (χ2n) is 7.87. The fourth-order valence-electron chi connectivity index (χ4n) is 4.62. The SMILES string of the molecule is COc1ccc(-n2nnnc2C2(N3CCCCC3)CCC(C)CC2)cc1. The van der Waals surface area contributed by atoms with Crippen molar-refractivity contribution < 1.29 is 4.74 Å². The first-order chi connectivity index (χ1) is 12.7. The van der Waals surface area contributed by atoms with Gasteiger partial charge in [0.1, 0.15) is 5.75 Å². The number of piperidine rings is 1. The highest BCUT2D eigenvalue weighted by molar-refractivity contribution is 5.37. The maximum atomic E-state index is 5.29. The summed E-state index contributed by atoms with van der Waals surface area (Å²) in [6.45, 7) is 4.68. The third-order valence-electron chi connectivity index (χ3n) is 6.27. The van der Waals surface area contributed by atoms with Crippen LogP contribution in [0, 0.1) is 5.92 Å². The molecule has 6 heteroatoms. The zero-order valence-corrected chi connectivity index (χ0v) is 15.9. The predicted molar refractivity (Wildman–Crippen MR) is 100 cm³/mol. The van der Waals surface area contributed by atoms with Crippen LogP contribution in [0.15, 0.2) is 24.3 Å². The molecule has 4 rings (SSSR count). The molecule has 2 aromatic rings. The van der Waals surface area contributed by atoms with Crippen LogP contribution < -0.4 is 4.74 Å². The summed E-state index contributed by atoms with van der Waals surface area (Å²) < 4.78 is 7.24. The number of tetrazole rings is 1. The van der Waals surface area contributed by atoms with Crippen LogP contribution in [-0.4, -0.2) is 45.3 Å². The Morgan fingerprint density at radius 1 is 1.04 bits per heavy atom. The summed E-state index contributed by atoms with van der Waals surface area (Å²) in [7, 11) is 1.69. The molecule has 140 valence electrons. The summed E-state index contributed by atoms with van der Waals surface area (Å²) in [5.41, 5.74) is 0.969. The van der Waals surface area contributed by atoms with Gasteiger partial charge in [-0.1, -0.05) is 13.3 Å². The molecule has 1 aromatic heterocycles. The summed E-state index contributed by atoms with van der Waals surface area (Å²) in [6, 6.07) is 8.01. The Morgan fingerprint density at radius 3 is 2.38 bits per heavy atom. The van der Waals surface area contributed by atoms with Crippen LogP contribution in [0.2, 0.25) is 0 Å². The van der Waals surface area contributed by atoms with Gasteiger partial charge in [-0.15, -0.1) is 5.10 Å². The van der Waals surface area contributed by atoms with Crippen LogP contribution in [-0.2, 0) is 5.54 Å². The van der Waals surface area contributed by atoms with E-state index in [0.29, 0.717) is 0 Å². The monoisotopic (exact) mass is 355 g/mol. The number of ether oxygens (including phenoxy) is 1. The van der Waals surface area contributed by atoms with Gasteiger partial charge in [0.2, 0.25) is 0 Å². The lowest BCUT2D eigenvalue weighted by Gasteiger charge is -2.48. The molecule has 0 radical (unpaired) electrons. The average molecular weight is 355 g/mol. The van der Waals surface area contributed by atoms with Gasteiger partial charge in [-0.3, -0.25) is 4.90 Å². The first kappa shape index (κ1) is 17.5. The Labute approximate surface area is 155 Å². The highest BCUT2D eigenvalue weighted by Crippen LogP contribution is 2.44. The van der Waals surface area contributed by atoms with E-state index >= 15 is 0 Å². The van der Waals surface area contributed by atoms with Crippen molar-refractivity contribution in [1.29, 1.82) is 0 Å². The van der Waals surface area contributed by atoms with Gasteiger partial charge in [0.15, 0.2) is 5.82 Å². The lowest BCUT2D eigenvalue weighted by Crippen LogP contribution is -2.52. The van der Waals surface area contributed by atoms with Crippen molar-refractivity contribution in [3.8, 4) is 11.4 Å². The highest BCUT2D eigenvalue weighted by atomic mass is 16.5. The van der Waals surface area contributed by atoms with E-state index in [4.69, 9.17) is 4.74 Å². The van der Waals surface area contributed by atoms with E-state index < -0.39 is 0 Å². The molecular weight excluding hydrogens is 326 g/mol. The largest absolute Gasteiger partial charge is 0.497 e. The van der Waals surface area contributed by atoms with Crippen molar-refractivity contribution in [2.75, 3.05) is 20.2 Å². The molecule has 1 aromatic carbocycles. The van der Waals surface area contributed by atoms with Crippen molar-refractivity contribution in [1.82, 2.24) is 25.1 Å². The van der Waals surface area contributed by atoms with Crippen LogP contribution in [0.1, 0.15) is 57.7 Å². The Balaban J connectivity index is 1.73. The molecule has 0 atom stereocenters. The number of hydrogen-bond acceptors (Lipinski definition) is 5. The predicted octanol–water partition coefficient (Wildman–Crippen LogP) is 3.56. The van der Waals surface area contributed by atoms with E-state index in [2.05, 4.69) is 27.3 Å². The van der Waals surface area contributed by atoms with Gasteiger partial charge in [-0.05, 0) is 92.2 Å². The van der Waals surface area contributed by atoms with Gasteiger partial charge in [0.25, 0.3) is 0 Å². The lowest BCUT2D eigenvalue weighted by molar-refractivity contribution is 0.0110. The first-order valence-corrected chi connectivity index (χ1v) is 9.91. The van der Waals surface area contributed by atoms with Crippen molar-refractivity contribution in [3.63, 3.8) is 0 Å². The molecule has 26 heavy (non-hydrogen) atoms. The second kappa shape index (κ2) is 7.35. The summed E-state index contributed by atoms with van der Waals surface area (Å²) in [5, 5.41) is 13.0. The summed E-state index contributed by atoms with van der Waals surface area (Å²) >= 11 is 0. The van der Waals surface area contributed by atoms with Crippen LogP contribution in [0.25, 0.3) is 5.69 Å². The van der Waals surface area contributed by atoms with E-state index in [1.807, 2.05) is 28.9 Å². The van der Waals surface area contributed by atoms with Crippen molar-refractivity contribution in [2.24, 2.45) is 5.92 Å². The smallest absolute Gasteiger partial charge is 0.176 e. The molecule has 1 saturated heterocycles. The van der Waals surface area contributed by atoms with Crippen LogP contribution in [0.5, 0.6) is 5.75 Å². The van der Waals surface area contributed by atoms with E-state index in [1.54, 1.807) is 7.11 Å². The van der Waals surface area contributed by atoms with E-state index in [0.717, 1.165) is 49.1 Å². The lowest BCUT2D eigenvalue weighted by atomic mass is 9.74. The van der Waals surface area contributed by atoms with E-state index in [-0.39, 0.29) is 5.54 Å². The summed E-state index contributed by atoms with van der Waals surface area (Å²) in [5.74, 6) is 2.65. The molecule has 1 aliphatic carbocycles. The van der Waals surface area contributed by atoms with E-state index in [9.17, 15) is 0 Å². The van der Waals surface area contributed by atoms with Crippen LogP contribution in [0.4, 0.5) is 0 Å². The molecule has 1 aliphatic heterocycles. The molecule has 2 fully saturated rings.